The van der Waals surface area contributed by atoms with Gasteiger partial charge in [-0.1, -0.05) is 12.1 Å². The monoisotopic (exact) mass is 378 g/mol. The second-order valence-electron chi connectivity index (χ2n) is 6.44. The molecule has 1 aliphatic rings. The third-order valence-corrected chi connectivity index (χ3v) is 4.36. The number of hydrogen-bond acceptors (Lipinski definition) is 7. The summed E-state index contributed by atoms with van der Waals surface area (Å²) in [7, 11) is 1.67. The van der Waals surface area contributed by atoms with Crippen LogP contribution in [0.5, 0.6) is 17.2 Å². The average Bonchev–Trinajstić information content (AvgIpc) is 3.16. The Morgan fingerprint density at radius 1 is 1.00 bits per heavy atom. The van der Waals surface area contributed by atoms with Crippen LogP contribution in [0.25, 0.3) is 0 Å². The molecule has 1 aliphatic heterocycles. The van der Waals surface area contributed by atoms with Crippen molar-refractivity contribution in [3.05, 3.63) is 59.8 Å². The molecule has 0 fully saturated rings. The largest absolute Gasteiger partial charge is 0.497 e. The van der Waals surface area contributed by atoms with Crippen LogP contribution in [0.1, 0.15) is 11.3 Å². The van der Waals surface area contributed by atoms with E-state index in [0.29, 0.717) is 5.95 Å². The number of rotatable bonds is 7. The highest BCUT2D eigenvalue weighted by atomic mass is 16.7. The Balaban J connectivity index is 1.39. The second kappa shape index (κ2) is 8.04. The molecule has 0 spiro atoms. The highest BCUT2D eigenvalue weighted by Crippen LogP contribution is 2.34. The Morgan fingerprint density at radius 3 is 2.64 bits per heavy atom. The lowest BCUT2D eigenvalue weighted by Crippen LogP contribution is -2.08. The molecule has 0 amide bonds. The summed E-state index contributed by atoms with van der Waals surface area (Å²) < 4.78 is 15.9. The van der Waals surface area contributed by atoms with E-state index in [1.54, 1.807) is 7.11 Å². The van der Waals surface area contributed by atoms with Gasteiger partial charge in [0.05, 0.1) is 7.11 Å². The molecule has 0 saturated carbocycles. The molecule has 1 aromatic heterocycles. The van der Waals surface area contributed by atoms with Crippen molar-refractivity contribution < 1.29 is 14.2 Å². The van der Waals surface area contributed by atoms with Crippen molar-refractivity contribution in [3.8, 4) is 17.2 Å². The van der Waals surface area contributed by atoms with Crippen molar-refractivity contribution in [2.24, 2.45) is 0 Å². The number of nitrogens with zero attached hydrogens (tertiary/aromatic N) is 2. The lowest BCUT2D eigenvalue weighted by molar-refractivity contribution is 0.174. The number of hydrogen-bond donors (Lipinski definition) is 2. The van der Waals surface area contributed by atoms with E-state index in [9.17, 15) is 0 Å². The van der Waals surface area contributed by atoms with E-state index in [2.05, 4.69) is 32.7 Å². The van der Waals surface area contributed by atoms with Crippen LogP contribution in [0.2, 0.25) is 0 Å². The highest BCUT2D eigenvalue weighted by molar-refractivity contribution is 5.61. The summed E-state index contributed by atoms with van der Waals surface area (Å²) in [6.07, 6.45) is 0.887. The lowest BCUT2D eigenvalue weighted by atomic mass is 10.1. The number of anilines is 3. The van der Waals surface area contributed by atoms with E-state index in [0.717, 1.165) is 47.4 Å². The molecule has 3 aromatic rings. The molecular formula is C21H22N4O3. The predicted molar refractivity (Wildman–Crippen MR) is 108 cm³/mol. The number of nitrogens with one attached hydrogen (secondary N) is 2. The average molecular weight is 378 g/mol. The standard InChI is InChI=1S/C21H22N4O3/c1-14-11-20(22-10-9-15-3-6-17(26-2)7-4-15)25-21(23-14)24-16-5-8-18-19(12-16)28-13-27-18/h3-8,11-12H,9-10,13H2,1-2H3,(H2,22,23,24,25). The predicted octanol–water partition coefficient (Wildman–Crippen LogP) is 3.92. The van der Waals surface area contributed by atoms with Gasteiger partial charge in [-0.2, -0.15) is 4.98 Å². The minimum Gasteiger partial charge on any atom is -0.497 e. The minimum atomic E-state index is 0.252. The van der Waals surface area contributed by atoms with E-state index in [1.807, 2.05) is 43.3 Å². The first kappa shape index (κ1) is 17.9. The first-order chi connectivity index (χ1) is 13.7. The van der Waals surface area contributed by atoms with Crippen LogP contribution in [0.4, 0.5) is 17.5 Å². The quantitative estimate of drug-likeness (QED) is 0.645. The van der Waals surface area contributed by atoms with Gasteiger partial charge in [0.1, 0.15) is 11.6 Å². The van der Waals surface area contributed by atoms with E-state index in [4.69, 9.17) is 14.2 Å². The van der Waals surface area contributed by atoms with Gasteiger partial charge >= 0.3 is 0 Å². The van der Waals surface area contributed by atoms with Crippen molar-refractivity contribution >= 4 is 17.5 Å². The second-order valence-corrected chi connectivity index (χ2v) is 6.44. The van der Waals surface area contributed by atoms with Crippen molar-refractivity contribution in [1.82, 2.24) is 9.97 Å². The van der Waals surface area contributed by atoms with Gasteiger partial charge in [-0.15, -0.1) is 0 Å². The van der Waals surface area contributed by atoms with Gasteiger partial charge in [0.15, 0.2) is 11.5 Å². The van der Waals surface area contributed by atoms with Gasteiger partial charge in [0, 0.05) is 30.1 Å². The van der Waals surface area contributed by atoms with Gasteiger partial charge in [0.25, 0.3) is 0 Å². The summed E-state index contributed by atoms with van der Waals surface area (Å²) in [4.78, 5) is 9.02. The number of ether oxygens (including phenoxy) is 3. The fourth-order valence-corrected chi connectivity index (χ4v) is 2.95. The lowest BCUT2D eigenvalue weighted by Gasteiger charge is -2.10. The van der Waals surface area contributed by atoms with Crippen molar-refractivity contribution in [3.63, 3.8) is 0 Å². The van der Waals surface area contributed by atoms with Gasteiger partial charge in [0.2, 0.25) is 12.7 Å². The number of aromatic nitrogens is 2. The van der Waals surface area contributed by atoms with E-state index in [-0.39, 0.29) is 6.79 Å². The summed E-state index contributed by atoms with van der Waals surface area (Å²) in [5.74, 6) is 3.64. The Labute approximate surface area is 163 Å². The van der Waals surface area contributed by atoms with Gasteiger partial charge in [-0.05, 0) is 43.2 Å². The molecule has 7 nitrogen and oxygen atoms in total. The van der Waals surface area contributed by atoms with E-state index >= 15 is 0 Å². The molecule has 2 aromatic carbocycles. The van der Waals surface area contributed by atoms with Gasteiger partial charge in [-0.3, -0.25) is 0 Å². The molecule has 0 atom stereocenters. The first-order valence-electron chi connectivity index (χ1n) is 9.09. The fraction of sp³-hybridized carbons (Fsp3) is 0.238. The molecule has 144 valence electrons. The van der Waals surface area contributed by atoms with Crippen molar-refractivity contribution in [2.45, 2.75) is 13.3 Å². The highest BCUT2D eigenvalue weighted by Gasteiger charge is 2.13. The fourth-order valence-electron chi connectivity index (χ4n) is 2.95. The molecule has 0 bridgehead atoms. The molecule has 4 rings (SSSR count). The zero-order chi connectivity index (χ0) is 19.3. The Kier molecular flexibility index (Phi) is 5.14. The maximum atomic E-state index is 5.41. The van der Waals surface area contributed by atoms with Crippen LogP contribution in [0.3, 0.4) is 0 Å². The molecule has 2 heterocycles. The first-order valence-corrected chi connectivity index (χ1v) is 9.09. The maximum absolute atomic E-state index is 5.41. The summed E-state index contributed by atoms with van der Waals surface area (Å²) in [6, 6.07) is 15.7. The smallest absolute Gasteiger partial charge is 0.231 e. The zero-order valence-corrected chi connectivity index (χ0v) is 15.9. The number of methoxy groups -OCH3 is 1. The zero-order valence-electron chi connectivity index (χ0n) is 15.9. The summed E-state index contributed by atoms with van der Waals surface area (Å²) in [6.45, 7) is 2.97. The maximum Gasteiger partial charge on any atom is 0.231 e. The Morgan fingerprint density at radius 2 is 1.82 bits per heavy atom. The minimum absolute atomic E-state index is 0.252. The molecule has 0 aliphatic carbocycles. The van der Waals surface area contributed by atoms with Crippen LogP contribution < -0.4 is 24.8 Å². The number of aryl methyl sites for hydroxylation is 1. The molecular weight excluding hydrogens is 356 g/mol. The number of benzene rings is 2. The van der Waals surface area contributed by atoms with Gasteiger partial charge < -0.3 is 24.8 Å². The third kappa shape index (κ3) is 4.25. The molecule has 7 heteroatoms. The summed E-state index contributed by atoms with van der Waals surface area (Å²) in [5.41, 5.74) is 2.96. The molecule has 0 unspecified atom stereocenters. The molecule has 28 heavy (non-hydrogen) atoms. The van der Waals surface area contributed by atoms with Crippen molar-refractivity contribution in [2.75, 3.05) is 31.1 Å². The Bertz CT molecular complexity index is 960. The molecule has 2 N–H and O–H groups in total. The van der Waals surface area contributed by atoms with E-state index in [1.165, 1.54) is 5.56 Å². The summed E-state index contributed by atoms with van der Waals surface area (Å²) >= 11 is 0. The van der Waals surface area contributed by atoms with Crippen LogP contribution in [0.15, 0.2) is 48.5 Å². The van der Waals surface area contributed by atoms with Crippen LogP contribution in [-0.2, 0) is 6.42 Å². The number of fused-ring (bicyclic) bond motifs is 1. The van der Waals surface area contributed by atoms with Crippen molar-refractivity contribution in [1.29, 1.82) is 0 Å². The van der Waals surface area contributed by atoms with Crippen LogP contribution in [0, 0.1) is 6.92 Å². The normalized spacial score (nSPS) is 11.9. The van der Waals surface area contributed by atoms with E-state index < -0.39 is 0 Å². The third-order valence-electron chi connectivity index (χ3n) is 4.36. The summed E-state index contributed by atoms with van der Waals surface area (Å²) in [5, 5.41) is 6.59. The Hall–Kier alpha value is -3.48. The molecule has 0 saturated heterocycles. The SMILES string of the molecule is COc1ccc(CCNc2cc(C)nc(Nc3ccc4c(c3)OCO4)n2)cc1. The molecule has 0 radical (unpaired) electrons. The topological polar surface area (TPSA) is 77.5 Å². The van der Waals surface area contributed by atoms with Crippen LogP contribution in [-0.4, -0.2) is 30.4 Å². The van der Waals surface area contributed by atoms with Crippen LogP contribution >= 0.6 is 0 Å². The van der Waals surface area contributed by atoms with Gasteiger partial charge in [-0.25, -0.2) is 4.98 Å².